The van der Waals surface area contributed by atoms with Crippen LogP contribution >= 0.6 is 0 Å². The second-order valence-electron chi connectivity index (χ2n) is 23.3. The second kappa shape index (κ2) is 18.9. The summed E-state index contributed by atoms with van der Waals surface area (Å²) in [5, 5.41) is 14.0. The van der Waals surface area contributed by atoms with E-state index in [9.17, 15) is 33.5 Å². The van der Waals surface area contributed by atoms with E-state index in [1.54, 1.807) is 11.9 Å². The summed E-state index contributed by atoms with van der Waals surface area (Å²) in [4.78, 5) is 77.7. The van der Waals surface area contributed by atoms with Crippen molar-refractivity contribution in [3.63, 3.8) is 0 Å². The van der Waals surface area contributed by atoms with Gasteiger partial charge in [-0.3, -0.25) is 23.7 Å². The van der Waals surface area contributed by atoms with Gasteiger partial charge in [-0.15, -0.1) is 0 Å². The molecule has 9 rings (SSSR count). The van der Waals surface area contributed by atoms with Gasteiger partial charge in [0, 0.05) is 59.7 Å². The standard InChI is InChI=1S/C54H77FN6O7/c1-33(2)11-10-12-34(3)40-19-20-41-39-18-15-36-29-38(21-23-51(36,4)42(39)22-24-52(40,41)5)68-50(67)59(8)31-53-25-27-54(28-26-53,60(9)48(66)47(65)58(6)7)49-57-43(44(62)46(64)61(49)32-53)45(63)56-30-35-13-16-37(55)17-14-35/h13-17,33-34,38-42,62H,10-12,18-32H2,1-9H3,(H,56,63). The van der Waals surface area contributed by atoms with E-state index in [0.717, 1.165) is 49.4 Å². The zero-order chi connectivity index (χ0) is 49.1. The molecule has 0 radical (unpaired) electrons. The highest BCUT2D eigenvalue weighted by Crippen LogP contribution is 2.67. The predicted molar refractivity (Wildman–Crippen MR) is 258 cm³/mol. The van der Waals surface area contributed by atoms with Gasteiger partial charge < -0.3 is 29.9 Å². The fraction of sp³-hybridized carbons (Fsp3) is 0.704. The van der Waals surface area contributed by atoms with Crippen LogP contribution in [-0.2, 0) is 33.0 Å². The fourth-order valence-electron chi connectivity index (χ4n) is 14.8. The summed E-state index contributed by atoms with van der Waals surface area (Å²) in [6.45, 7) is 12.6. The van der Waals surface area contributed by atoms with Gasteiger partial charge in [0.2, 0.25) is 5.75 Å². The minimum Gasteiger partial charge on any atom is -0.501 e. The van der Waals surface area contributed by atoms with E-state index in [2.05, 4.69) is 51.0 Å². The number of allylic oxidation sites excluding steroid dienone is 1. The Morgan fingerprint density at radius 1 is 0.912 bits per heavy atom. The highest BCUT2D eigenvalue weighted by molar-refractivity contribution is 6.34. The van der Waals surface area contributed by atoms with Crippen LogP contribution in [0.3, 0.4) is 0 Å². The van der Waals surface area contributed by atoms with Crippen LogP contribution in [-0.4, -0.2) is 94.0 Å². The van der Waals surface area contributed by atoms with Crippen LogP contribution in [0.2, 0.25) is 0 Å². The Labute approximate surface area is 402 Å². The summed E-state index contributed by atoms with van der Waals surface area (Å²) >= 11 is 0. The smallest absolute Gasteiger partial charge is 0.409 e. The van der Waals surface area contributed by atoms with E-state index in [4.69, 9.17) is 4.74 Å². The van der Waals surface area contributed by atoms with Crippen molar-refractivity contribution < 1.29 is 33.4 Å². The van der Waals surface area contributed by atoms with Crippen molar-refractivity contribution in [2.45, 2.75) is 156 Å². The average Bonchev–Trinajstić information content (AvgIpc) is 3.52. The number of halogens is 1. The molecule has 2 N–H and O–H groups in total. The Hall–Kier alpha value is -4.75. The van der Waals surface area contributed by atoms with Crippen molar-refractivity contribution >= 4 is 23.8 Å². The predicted octanol–water partition coefficient (Wildman–Crippen LogP) is 8.81. The highest BCUT2D eigenvalue weighted by Gasteiger charge is 2.60. The molecule has 4 saturated carbocycles. The molecule has 68 heavy (non-hydrogen) atoms. The summed E-state index contributed by atoms with van der Waals surface area (Å²) in [7, 11) is 6.20. The lowest BCUT2D eigenvalue weighted by Crippen LogP contribution is -2.55. The van der Waals surface area contributed by atoms with Gasteiger partial charge in [-0.05, 0) is 135 Å². The SMILES string of the molecule is CC(C)CCCC(C)C1CCC2C3CC=C4CC(OC(=O)N(C)CC56CCC(N(C)C(=O)C(=O)N(C)C)(CC5)c5nc(C(=O)NCc7ccc(F)cc7)c(O)c(=O)n5C6)CCC4(C)C3CCC12C. The molecule has 3 heterocycles. The summed E-state index contributed by atoms with van der Waals surface area (Å²) in [5.74, 6) is 0.916. The van der Waals surface area contributed by atoms with E-state index >= 15 is 0 Å². The molecule has 4 amide bonds. The number of rotatable bonds is 12. The molecule has 14 heteroatoms. The first-order valence-corrected chi connectivity index (χ1v) is 25.6. The van der Waals surface area contributed by atoms with Crippen LogP contribution < -0.4 is 10.9 Å². The minimum absolute atomic E-state index is 0.0253. The molecule has 2 bridgehead atoms. The third-order valence-electron chi connectivity index (χ3n) is 18.7. The number of nitrogens with one attached hydrogen (secondary N) is 1. The van der Waals surface area contributed by atoms with Crippen LogP contribution in [0.15, 0.2) is 40.7 Å². The lowest BCUT2D eigenvalue weighted by atomic mass is 9.47. The number of fused-ring (bicyclic) bond motifs is 7. The maximum Gasteiger partial charge on any atom is 0.409 e. The quantitative estimate of drug-likeness (QED) is 0.158. The van der Waals surface area contributed by atoms with E-state index in [1.165, 1.54) is 110 Å². The number of nitrogens with zero attached hydrogens (tertiary/aromatic N) is 5. The molecule has 8 atom stereocenters. The zero-order valence-corrected chi connectivity index (χ0v) is 42.2. The molecule has 1 aromatic heterocycles. The highest BCUT2D eigenvalue weighted by atomic mass is 19.1. The summed E-state index contributed by atoms with van der Waals surface area (Å²) < 4.78 is 21.2. The summed E-state index contributed by atoms with van der Waals surface area (Å²) in [6.07, 6.45) is 16.3. The number of carbonyl (C=O) groups is 4. The first-order valence-electron chi connectivity index (χ1n) is 25.6. The van der Waals surface area contributed by atoms with Gasteiger partial charge >= 0.3 is 17.9 Å². The molecule has 2 aromatic rings. The monoisotopic (exact) mass is 941 g/mol. The van der Waals surface area contributed by atoms with Crippen LogP contribution in [0.1, 0.15) is 153 Å². The third-order valence-corrected chi connectivity index (χ3v) is 18.7. The van der Waals surface area contributed by atoms with Crippen molar-refractivity contribution in [1.29, 1.82) is 0 Å². The van der Waals surface area contributed by atoms with Gasteiger partial charge in [-0.2, -0.15) is 0 Å². The molecule has 1 aromatic carbocycles. The number of amides is 4. The molecule has 0 spiro atoms. The zero-order valence-electron chi connectivity index (χ0n) is 42.2. The average molecular weight is 941 g/mol. The first-order chi connectivity index (χ1) is 32.1. The van der Waals surface area contributed by atoms with Crippen molar-refractivity contribution in [2.75, 3.05) is 34.7 Å². The molecule has 372 valence electrons. The summed E-state index contributed by atoms with van der Waals surface area (Å²) in [5.41, 5.74) is -0.768. The largest absolute Gasteiger partial charge is 0.501 e. The van der Waals surface area contributed by atoms with Crippen LogP contribution in [0.5, 0.6) is 5.75 Å². The Balaban J connectivity index is 0.967. The fourth-order valence-corrected chi connectivity index (χ4v) is 14.8. The molecule has 2 aliphatic heterocycles. The number of benzene rings is 1. The van der Waals surface area contributed by atoms with Crippen LogP contribution in [0, 0.1) is 57.6 Å². The van der Waals surface area contributed by atoms with Crippen molar-refractivity contribution in [2.24, 2.45) is 51.8 Å². The van der Waals surface area contributed by atoms with Crippen LogP contribution in [0.4, 0.5) is 9.18 Å². The maximum atomic E-state index is 14.3. The topological polar surface area (TPSA) is 154 Å². The Morgan fingerprint density at radius 3 is 2.29 bits per heavy atom. The number of aromatic nitrogens is 2. The third kappa shape index (κ3) is 8.88. The number of likely N-dealkylation sites (N-methyl/N-ethyl adjacent to an activating group) is 2. The van der Waals surface area contributed by atoms with Crippen molar-refractivity contribution in [1.82, 2.24) is 29.6 Å². The molecule has 13 nitrogen and oxygen atoms in total. The van der Waals surface area contributed by atoms with Crippen LogP contribution in [0.25, 0.3) is 0 Å². The van der Waals surface area contributed by atoms with Gasteiger partial charge in [0.05, 0.1) is 0 Å². The normalized spacial score (nSPS) is 31.8. The Morgan fingerprint density at radius 2 is 1.62 bits per heavy atom. The molecule has 8 unspecified atom stereocenters. The molecule has 0 saturated heterocycles. The molecule has 7 aliphatic rings. The first kappa shape index (κ1) is 49.7. The number of ether oxygens (including phenoxy) is 1. The Bertz CT molecular complexity index is 2350. The van der Waals surface area contributed by atoms with Gasteiger partial charge in [0.25, 0.3) is 11.5 Å². The lowest BCUT2D eigenvalue weighted by molar-refractivity contribution is -0.155. The molecular formula is C54H77FN6O7. The maximum absolute atomic E-state index is 14.3. The molecule has 4 fully saturated rings. The Kier molecular flexibility index (Phi) is 13.8. The number of hydrogen-bond acceptors (Lipinski definition) is 8. The molecule has 5 aliphatic carbocycles. The lowest BCUT2D eigenvalue weighted by Gasteiger charge is -2.58. The number of aromatic hydroxyl groups is 1. The van der Waals surface area contributed by atoms with E-state index < -0.39 is 57.6 Å². The number of carbonyl (C=O) groups excluding carboxylic acids is 4. The minimum atomic E-state index is -1.29. The van der Waals surface area contributed by atoms with E-state index in [-0.39, 0.29) is 49.8 Å². The second-order valence-corrected chi connectivity index (χ2v) is 23.3. The summed E-state index contributed by atoms with van der Waals surface area (Å²) in [6, 6.07) is 5.54. The van der Waals surface area contributed by atoms with E-state index in [0.29, 0.717) is 35.7 Å². The van der Waals surface area contributed by atoms with Gasteiger partial charge in [-0.1, -0.05) is 77.7 Å². The van der Waals surface area contributed by atoms with Crippen molar-refractivity contribution in [3.8, 4) is 5.75 Å². The van der Waals surface area contributed by atoms with Gasteiger partial charge in [0.1, 0.15) is 23.3 Å². The van der Waals surface area contributed by atoms with Gasteiger partial charge in [-0.25, -0.2) is 14.2 Å². The van der Waals surface area contributed by atoms with E-state index in [1.807, 2.05) is 0 Å². The molecular weight excluding hydrogens is 864 g/mol. The number of hydrogen-bond donors (Lipinski definition) is 2. The van der Waals surface area contributed by atoms with Gasteiger partial charge in [0.15, 0.2) is 5.69 Å². The van der Waals surface area contributed by atoms with Crippen molar-refractivity contribution in [3.05, 3.63) is 69.2 Å².